The molecule has 18 heavy (non-hydrogen) atoms. The van der Waals surface area contributed by atoms with Crippen molar-refractivity contribution >= 4 is 23.4 Å². The van der Waals surface area contributed by atoms with E-state index in [1.165, 1.54) is 0 Å². The molecular weight excluding hydrogens is 260 g/mol. The van der Waals surface area contributed by atoms with Crippen LogP contribution in [0.2, 0.25) is 0 Å². The van der Waals surface area contributed by atoms with Crippen LogP contribution in [-0.2, 0) is 0 Å². The first-order valence-corrected chi connectivity index (χ1v) is 5.93. The number of aliphatic hydroxyl groups is 1. The highest BCUT2D eigenvalue weighted by Crippen LogP contribution is 2.28. The Kier molecular flexibility index (Phi) is 4.62. The minimum atomic E-state index is -1.29. The molecule has 0 saturated heterocycles. The normalized spacial score (nSPS) is 13.9. The van der Waals surface area contributed by atoms with Gasteiger partial charge in [-0.1, -0.05) is 18.7 Å². The number of rotatable bonds is 5. The van der Waals surface area contributed by atoms with Crippen LogP contribution in [0.25, 0.3) is 0 Å². The summed E-state index contributed by atoms with van der Waals surface area (Å²) in [6, 6.07) is 0.965. The van der Waals surface area contributed by atoms with Gasteiger partial charge < -0.3 is 10.2 Å². The number of pyridine rings is 1. The van der Waals surface area contributed by atoms with Gasteiger partial charge in [-0.2, -0.15) is 0 Å². The van der Waals surface area contributed by atoms with E-state index in [9.17, 15) is 20.0 Å². The molecular formula is C10H12N2O5S. The Hall–Kier alpha value is -1.67. The topological polar surface area (TPSA) is 114 Å². The van der Waals surface area contributed by atoms with E-state index in [0.717, 1.165) is 24.0 Å². The highest BCUT2D eigenvalue weighted by atomic mass is 32.2. The van der Waals surface area contributed by atoms with Gasteiger partial charge in [-0.3, -0.25) is 10.1 Å². The Balaban J connectivity index is 3.12. The molecule has 0 saturated carbocycles. The highest BCUT2D eigenvalue weighted by molar-refractivity contribution is 8.00. The molecule has 0 aliphatic heterocycles. The maximum Gasteiger partial charge on any atom is 0.338 e. The number of thioether (sulfide) groups is 1. The summed E-state index contributed by atoms with van der Waals surface area (Å²) >= 11 is 1.06. The smallest absolute Gasteiger partial charge is 0.338 e. The lowest BCUT2D eigenvalue weighted by Crippen LogP contribution is -2.16. The summed E-state index contributed by atoms with van der Waals surface area (Å²) in [5, 5.41) is 28.8. The number of nitro groups is 1. The zero-order valence-electron chi connectivity index (χ0n) is 9.73. The molecule has 0 spiro atoms. The third-order valence-electron chi connectivity index (χ3n) is 2.25. The van der Waals surface area contributed by atoms with Crippen LogP contribution in [0, 0.1) is 10.1 Å². The summed E-state index contributed by atoms with van der Waals surface area (Å²) in [4.78, 5) is 24.6. The van der Waals surface area contributed by atoms with Crippen molar-refractivity contribution in [3.05, 3.63) is 27.9 Å². The number of hydrogen-bond donors (Lipinski definition) is 2. The number of carbonyl (C=O) groups is 1. The van der Waals surface area contributed by atoms with E-state index >= 15 is 0 Å². The van der Waals surface area contributed by atoms with Crippen LogP contribution in [0.3, 0.4) is 0 Å². The van der Waals surface area contributed by atoms with Gasteiger partial charge in [0, 0.05) is 11.3 Å². The van der Waals surface area contributed by atoms with E-state index in [1.807, 2.05) is 0 Å². The van der Waals surface area contributed by atoms with Gasteiger partial charge in [0.2, 0.25) is 0 Å². The van der Waals surface area contributed by atoms with Gasteiger partial charge in [-0.05, 0) is 6.92 Å². The SMILES string of the molecule is CC(O)C(C)Sc1ncc([N+](=O)[O-])cc1C(=O)O. The van der Waals surface area contributed by atoms with Crippen LogP contribution in [0.5, 0.6) is 0 Å². The summed E-state index contributed by atoms with van der Waals surface area (Å²) in [5.74, 6) is -1.29. The summed E-state index contributed by atoms with van der Waals surface area (Å²) in [7, 11) is 0. The number of aromatic nitrogens is 1. The molecule has 1 rings (SSSR count). The third-order valence-corrected chi connectivity index (χ3v) is 3.57. The molecule has 0 fully saturated rings. The van der Waals surface area contributed by atoms with Crippen molar-refractivity contribution in [1.29, 1.82) is 0 Å². The average Bonchev–Trinajstić information content (AvgIpc) is 2.28. The van der Waals surface area contributed by atoms with Crippen molar-refractivity contribution in [1.82, 2.24) is 4.98 Å². The first-order valence-electron chi connectivity index (χ1n) is 5.05. The summed E-state index contributed by atoms with van der Waals surface area (Å²) < 4.78 is 0. The molecule has 98 valence electrons. The number of carboxylic acid groups (broad SMARTS) is 1. The molecule has 1 aromatic heterocycles. The minimum absolute atomic E-state index is 0.154. The fraction of sp³-hybridized carbons (Fsp3) is 0.400. The second-order valence-electron chi connectivity index (χ2n) is 3.67. The van der Waals surface area contributed by atoms with E-state index in [1.54, 1.807) is 13.8 Å². The van der Waals surface area contributed by atoms with Crippen LogP contribution in [0.15, 0.2) is 17.3 Å². The highest BCUT2D eigenvalue weighted by Gasteiger charge is 2.21. The molecule has 1 aromatic rings. The second-order valence-corrected chi connectivity index (χ2v) is 5.04. The Morgan fingerprint density at radius 1 is 1.56 bits per heavy atom. The number of aliphatic hydroxyl groups excluding tert-OH is 1. The zero-order valence-corrected chi connectivity index (χ0v) is 10.5. The van der Waals surface area contributed by atoms with E-state index < -0.39 is 17.0 Å². The molecule has 0 aromatic carbocycles. The lowest BCUT2D eigenvalue weighted by Gasteiger charge is -2.14. The molecule has 0 amide bonds. The van der Waals surface area contributed by atoms with Crippen molar-refractivity contribution in [2.24, 2.45) is 0 Å². The van der Waals surface area contributed by atoms with Crippen molar-refractivity contribution in [2.45, 2.75) is 30.2 Å². The standard InChI is InChI=1S/C10H12N2O5S/c1-5(13)6(2)18-9-8(10(14)15)3-7(4-11-9)12(16)17/h3-6,13H,1-2H3,(H,14,15). The van der Waals surface area contributed by atoms with Crippen LogP contribution >= 0.6 is 11.8 Å². The molecule has 0 bridgehead atoms. The Morgan fingerprint density at radius 2 is 2.17 bits per heavy atom. The Bertz CT molecular complexity index is 477. The maximum atomic E-state index is 11.0. The van der Waals surface area contributed by atoms with Gasteiger partial charge in [0.05, 0.1) is 16.6 Å². The number of hydrogen-bond acceptors (Lipinski definition) is 6. The third kappa shape index (κ3) is 3.41. The van der Waals surface area contributed by atoms with Crippen LogP contribution < -0.4 is 0 Å². The summed E-state index contributed by atoms with van der Waals surface area (Å²) in [6.07, 6.45) is 0.359. The van der Waals surface area contributed by atoms with E-state index in [4.69, 9.17) is 5.11 Å². The second kappa shape index (κ2) is 5.78. The first-order chi connectivity index (χ1) is 8.32. The summed E-state index contributed by atoms with van der Waals surface area (Å²) in [5.41, 5.74) is -0.608. The average molecular weight is 272 g/mol. The molecule has 2 unspecified atom stereocenters. The zero-order chi connectivity index (χ0) is 13.9. The number of carboxylic acids is 1. The predicted octanol–water partition coefficient (Wildman–Crippen LogP) is 1.55. The minimum Gasteiger partial charge on any atom is -0.478 e. The molecule has 8 heteroatoms. The molecule has 0 radical (unpaired) electrons. The van der Waals surface area contributed by atoms with Gasteiger partial charge in [0.1, 0.15) is 11.2 Å². The quantitative estimate of drug-likeness (QED) is 0.474. The number of nitrogens with zero attached hydrogens (tertiary/aromatic N) is 2. The van der Waals surface area contributed by atoms with Crippen molar-refractivity contribution in [2.75, 3.05) is 0 Å². The van der Waals surface area contributed by atoms with Crippen molar-refractivity contribution in [3.8, 4) is 0 Å². The molecule has 1 heterocycles. The molecule has 2 atom stereocenters. The Labute approximate surface area is 107 Å². The van der Waals surface area contributed by atoms with Gasteiger partial charge in [0.25, 0.3) is 5.69 Å². The molecule has 0 aliphatic rings. The largest absolute Gasteiger partial charge is 0.478 e. The molecule has 2 N–H and O–H groups in total. The fourth-order valence-corrected chi connectivity index (χ4v) is 2.00. The van der Waals surface area contributed by atoms with Gasteiger partial charge in [-0.25, -0.2) is 9.78 Å². The van der Waals surface area contributed by atoms with E-state index in [0.29, 0.717) is 0 Å². The lowest BCUT2D eigenvalue weighted by atomic mass is 10.3. The van der Waals surface area contributed by atoms with Crippen LogP contribution in [-0.4, -0.2) is 37.4 Å². The van der Waals surface area contributed by atoms with Crippen molar-refractivity contribution < 1.29 is 19.9 Å². The first kappa shape index (κ1) is 14.4. The van der Waals surface area contributed by atoms with Gasteiger partial charge >= 0.3 is 5.97 Å². The van der Waals surface area contributed by atoms with Gasteiger partial charge in [0.15, 0.2) is 0 Å². The monoisotopic (exact) mass is 272 g/mol. The lowest BCUT2D eigenvalue weighted by molar-refractivity contribution is -0.385. The summed E-state index contributed by atoms with van der Waals surface area (Å²) in [6.45, 7) is 3.29. The van der Waals surface area contributed by atoms with Crippen molar-refractivity contribution in [3.63, 3.8) is 0 Å². The maximum absolute atomic E-state index is 11.0. The van der Waals surface area contributed by atoms with Crippen LogP contribution in [0.1, 0.15) is 24.2 Å². The predicted molar refractivity (Wildman–Crippen MR) is 64.9 cm³/mol. The van der Waals surface area contributed by atoms with Gasteiger partial charge in [-0.15, -0.1) is 0 Å². The van der Waals surface area contributed by atoms with E-state index in [2.05, 4.69) is 4.98 Å². The molecule has 7 nitrogen and oxygen atoms in total. The molecule has 0 aliphatic carbocycles. The number of aromatic carboxylic acids is 1. The Morgan fingerprint density at radius 3 is 2.61 bits per heavy atom. The van der Waals surface area contributed by atoms with E-state index in [-0.39, 0.29) is 21.5 Å². The fourth-order valence-electron chi connectivity index (χ4n) is 1.06. The van der Waals surface area contributed by atoms with Crippen LogP contribution in [0.4, 0.5) is 5.69 Å².